The van der Waals surface area contributed by atoms with Gasteiger partial charge in [0.25, 0.3) is 0 Å². The highest BCUT2D eigenvalue weighted by molar-refractivity contribution is 7.90. The molecule has 1 aromatic heterocycles. The fourth-order valence-electron chi connectivity index (χ4n) is 1.00. The van der Waals surface area contributed by atoms with Crippen LogP contribution in [0.5, 0.6) is 0 Å². The third-order valence-electron chi connectivity index (χ3n) is 1.78. The Labute approximate surface area is 103 Å². The number of hydrogen-bond acceptors (Lipinski definition) is 6. The summed E-state index contributed by atoms with van der Waals surface area (Å²) in [5.41, 5.74) is 0. The average molecular weight is 282 g/mol. The van der Waals surface area contributed by atoms with Crippen molar-refractivity contribution in [3.05, 3.63) is 5.89 Å². The Morgan fingerprint density at radius 2 is 2.18 bits per heavy atom. The molecule has 0 saturated carbocycles. The van der Waals surface area contributed by atoms with Crippen molar-refractivity contribution < 1.29 is 17.6 Å². The fraction of sp³-hybridized carbons (Fsp3) is 0.625. The molecule has 1 aromatic rings. The summed E-state index contributed by atoms with van der Waals surface area (Å²) in [6.07, 6.45) is 1.95. The smallest absolute Gasteiger partial charge is 0.335 e. The van der Waals surface area contributed by atoms with Gasteiger partial charge in [-0.3, -0.25) is 4.79 Å². The van der Waals surface area contributed by atoms with E-state index < -0.39 is 15.1 Å². The normalized spacial score (nSPS) is 11.4. The molecule has 0 aliphatic heterocycles. The lowest BCUT2D eigenvalue weighted by Crippen LogP contribution is -2.25. The molecule has 0 aliphatic carbocycles. The number of aryl methyl sites for hydroxylation is 1. The molecule has 1 amide bonds. The zero-order valence-corrected chi connectivity index (χ0v) is 10.7. The first-order chi connectivity index (χ1) is 7.93. The number of nitrogens with one attached hydrogen (secondary N) is 1. The molecule has 0 unspecified atom stereocenters. The van der Waals surface area contributed by atoms with Crippen molar-refractivity contribution in [2.45, 2.75) is 18.1 Å². The van der Waals surface area contributed by atoms with Crippen molar-refractivity contribution in [1.29, 1.82) is 0 Å². The van der Waals surface area contributed by atoms with E-state index in [9.17, 15) is 13.2 Å². The summed E-state index contributed by atoms with van der Waals surface area (Å²) in [6, 6.07) is 0. The number of rotatable bonds is 6. The summed E-state index contributed by atoms with van der Waals surface area (Å²) >= 11 is 5.28. The molecule has 0 spiro atoms. The molecule has 0 atom stereocenters. The first kappa shape index (κ1) is 13.9. The number of sulfone groups is 1. The molecule has 0 aliphatic rings. The SMILES string of the molecule is CS(=O)(=O)c1nnc(CCCNC(=O)CCl)o1. The first-order valence-electron chi connectivity index (χ1n) is 4.78. The Morgan fingerprint density at radius 3 is 2.71 bits per heavy atom. The Hall–Kier alpha value is -1.15. The van der Waals surface area contributed by atoms with Gasteiger partial charge in [-0.05, 0) is 6.42 Å². The van der Waals surface area contributed by atoms with E-state index in [0.29, 0.717) is 19.4 Å². The summed E-state index contributed by atoms with van der Waals surface area (Å²) in [4.78, 5) is 10.8. The van der Waals surface area contributed by atoms with E-state index >= 15 is 0 Å². The van der Waals surface area contributed by atoms with Crippen molar-refractivity contribution in [2.75, 3.05) is 18.7 Å². The summed E-state index contributed by atoms with van der Waals surface area (Å²) < 4.78 is 27.0. The summed E-state index contributed by atoms with van der Waals surface area (Å²) in [6.45, 7) is 0.419. The molecule has 0 fully saturated rings. The van der Waals surface area contributed by atoms with E-state index in [1.807, 2.05) is 0 Å². The molecule has 1 heterocycles. The van der Waals surface area contributed by atoms with Gasteiger partial charge in [0.2, 0.25) is 21.6 Å². The zero-order chi connectivity index (χ0) is 12.9. The minimum absolute atomic E-state index is 0.0845. The van der Waals surface area contributed by atoms with E-state index in [0.717, 1.165) is 6.26 Å². The quantitative estimate of drug-likeness (QED) is 0.570. The van der Waals surface area contributed by atoms with Gasteiger partial charge in [0.15, 0.2) is 0 Å². The molecule has 9 heteroatoms. The van der Waals surface area contributed by atoms with Gasteiger partial charge < -0.3 is 9.73 Å². The maximum absolute atomic E-state index is 11.0. The van der Waals surface area contributed by atoms with Crippen LogP contribution in [0.4, 0.5) is 0 Å². The molecule has 96 valence electrons. The van der Waals surface area contributed by atoms with Crippen LogP contribution in [0.1, 0.15) is 12.3 Å². The zero-order valence-electron chi connectivity index (χ0n) is 9.14. The maximum Gasteiger partial charge on any atom is 0.335 e. The number of alkyl halides is 1. The highest BCUT2D eigenvalue weighted by Crippen LogP contribution is 2.07. The Bertz CT molecular complexity index is 485. The van der Waals surface area contributed by atoms with Gasteiger partial charge >= 0.3 is 5.22 Å². The molecule has 0 radical (unpaired) electrons. The predicted molar refractivity (Wildman–Crippen MR) is 59.5 cm³/mol. The van der Waals surface area contributed by atoms with Crippen LogP contribution in [0.25, 0.3) is 0 Å². The van der Waals surface area contributed by atoms with Gasteiger partial charge in [0.05, 0.1) is 0 Å². The van der Waals surface area contributed by atoms with E-state index in [-0.39, 0.29) is 17.7 Å². The molecule has 7 nitrogen and oxygen atoms in total. The van der Waals surface area contributed by atoms with Crippen LogP contribution < -0.4 is 5.32 Å². The van der Waals surface area contributed by atoms with Gasteiger partial charge in [-0.1, -0.05) is 5.10 Å². The summed E-state index contributed by atoms with van der Waals surface area (Å²) in [7, 11) is -3.46. The topological polar surface area (TPSA) is 102 Å². The van der Waals surface area contributed by atoms with Crippen LogP contribution in [0, 0.1) is 0 Å². The van der Waals surface area contributed by atoms with Gasteiger partial charge in [-0.2, -0.15) is 0 Å². The van der Waals surface area contributed by atoms with E-state index in [2.05, 4.69) is 15.5 Å². The second kappa shape index (κ2) is 5.97. The number of hydrogen-bond donors (Lipinski definition) is 1. The van der Waals surface area contributed by atoms with Crippen LogP contribution in [0.3, 0.4) is 0 Å². The van der Waals surface area contributed by atoms with Crippen LogP contribution in [-0.4, -0.2) is 43.2 Å². The second-order valence-corrected chi connectivity index (χ2v) is 5.48. The summed E-state index contributed by atoms with van der Waals surface area (Å²) in [5.74, 6) is -0.113. The predicted octanol–water partition coefficient (Wildman–Crippen LogP) is -0.239. The van der Waals surface area contributed by atoms with E-state index in [4.69, 9.17) is 16.0 Å². The first-order valence-corrected chi connectivity index (χ1v) is 7.21. The number of nitrogens with zero attached hydrogens (tertiary/aromatic N) is 2. The lowest BCUT2D eigenvalue weighted by atomic mass is 10.3. The minimum atomic E-state index is -3.46. The highest BCUT2D eigenvalue weighted by atomic mass is 35.5. The van der Waals surface area contributed by atoms with Crippen LogP contribution in [0.15, 0.2) is 9.64 Å². The maximum atomic E-state index is 11.0. The Balaban J connectivity index is 2.38. The fourth-order valence-corrected chi connectivity index (χ4v) is 1.53. The molecular formula is C8H12ClN3O4S. The number of halogens is 1. The van der Waals surface area contributed by atoms with Crippen molar-refractivity contribution in [1.82, 2.24) is 15.5 Å². The lowest BCUT2D eigenvalue weighted by Gasteiger charge is -1.99. The molecule has 17 heavy (non-hydrogen) atoms. The van der Waals surface area contributed by atoms with Gasteiger partial charge in [-0.15, -0.1) is 16.7 Å². The number of carbonyl (C=O) groups excluding carboxylic acids is 1. The molecular weight excluding hydrogens is 270 g/mol. The second-order valence-electron chi connectivity index (χ2n) is 3.32. The van der Waals surface area contributed by atoms with Crippen molar-refractivity contribution in [3.63, 3.8) is 0 Å². The standard InChI is InChI=1S/C8H12ClN3O4S/c1-17(14,15)8-12-11-7(16-8)3-2-4-10-6(13)5-9/h2-5H2,1H3,(H,10,13). The van der Waals surface area contributed by atoms with Crippen molar-refractivity contribution >= 4 is 27.3 Å². The largest absolute Gasteiger partial charge is 0.413 e. The van der Waals surface area contributed by atoms with Crippen molar-refractivity contribution in [3.8, 4) is 0 Å². The Morgan fingerprint density at radius 1 is 1.47 bits per heavy atom. The van der Waals surface area contributed by atoms with Crippen LogP contribution >= 0.6 is 11.6 Å². The molecule has 0 bridgehead atoms. The van der Waals surface area contributed by atoms with Gasteiger partial charge in [0, 0.05) is 19.2 Å². The Kier molecular flexibility index (Phi) is 4.88. The van der Waals surface area contributed by atoms with Crippen LogP contribution in [0.2, 0.25) is 0 Å². The van der Waals surface area contributed by atoms with Gasteiger partial charge in [-0.25, -0.2) is 8.42 Å². The number of aromatic nitrogens is 2. The molecule has 1 N–H and O–H groups in total. The average Bonchev–Trinajstić information content (AvgIpc) is 2.72. The highest BCUT2D eigenvalue weighted by Gasteiger charge is 2.15. The molecule has 0 saturated heterocycles. The van der Waals surface area contributed by atoms with Crippen molar-refractivity contribution in [2.24, 2.45) is 0 Å². The van der Waals surface area contributed by atoms with Crippen LogP contribution in [-0.2, 0) is 21.1 Å². The van der Waals surface area contributed by atoms with Gasteiger partial charge in [0.1, 0.15) is 5.88 Å². The summed E-state index contributed by atoms with van der Waals surface area (Å²) in [5, 5.41) is 9.16. The third-order valence-corrected chi connectivity index (χ3v) is 2.82. The number of amides is 1. The third kappa shape index (κ3) is 4.70. The number of carbonyl (C=O) groups is 1. The minimum Gasteiger partial charge on any atom is -0.413 e. The monoisotopic (exact) mass is 281 g/mol. The molecule has 0 aromatic carbocycles. The lowest BCUT2D eigenvalue weighted by molar-refractivity contribution is -0.118. The van der Waals surface area contributed by atoms with E-state index in [1.54, 1.807) is 0 Å². The van der Waals surface area contributed by atoms with E-state index in [1.165, 1.54) is 0 Å². The molecule has 1 rings (SSSR count).